The molecule has 4 rings (SSSR count). The van der Waals surface area contributed by atoms with E-state index in [1.54, 1.807) is 20.8 Å². The van der Waals surface area contributed by atoms with E-state index in [0.29, 0.717) is 37.8 Å². The number of nitrogens with one attached hydrogen (secondary N) is 2. The highest BCUT2D eigenvalue weighted by Gasteiger charge is 2.42. The maximum atomic E-state index is 15.0. The summed E-state index contributed by atoms with van der Waals surface area (Å²) in [7, 11) is 1.25. The van der Waals surface area contributed by atoms with Crippen LogP contribution in [0, 0.1) is 23.0 Å². The number of anilines is 1. The van der Waals surface area contributed by atoms with Crippen molar-refractivity contribution in [3.8, 4) is 11.5 Å². The molecule has 46 heavy (non-hydrogen) atoms. The number of esters is 1. The molecule has 2 fully saturated rings. The summed E-state index contributed by atoms with van der Waals surface area (Å²) in [5.74, 6) is -5.37. The molecule has 14 heteroatoms. The molecule has 9 nitrogen and oxygen atoms in total. The van der Waals surface area contributed by atoms with Gasteiger partial charge in [0.1, 0.15) is 17.2 Å². The van der Waals surface area contributed by atoms with Crippen LogP contribution in [0.5, 0.6) is 11.5 Å². The lowest BCUT2D eigenvalue weighted by atomic mass is 9.74. The lowest BCUT2D eigenvalue weighted by molar-refractivity contribution is -0.169. The Balaban J connectivity index is 1.43. The summed E-state index contributed by atoms with van der Waals surface area (Å²) in [6.45, 7) is 6.97. The van der Waals surface area contributed by atoms with Crippen LogP contribution in [0.1, 0.15) is 69.3 Å². The largest absolute Gasteiger partial charge is 0.496 e. The second-order valence-corrected chi connectivity index (χ2v) is 12.8. The minimum Gasteiger partial charge on any atom is -0.496 e. The first kappa shape index (κ1) is 34.9. The van der Waals surface area contributed by atoms with Crippen LogP contribution in [-0.4, -0.2) is 55.9 Å². The van der Waals surface area contributed by atoms with Gasteiger partial charge in [-0.25, -0.2) is 8.78 Å². The minimum atomic E-state index is -4.97. The number of carbonyl (C=O) groups excluding carboxylic acids is 3. The molecule has 0 radical (unpaired) electrons. The van der Waals surface area contributed by atoms with Crippen molar-refractivity contribution in [2.75, 3.05) is 25.6 Å². The first-order valence-corrected chi connectivity index (χ1v) is 14.7. The molecule has 2 N–H and O–H groups in total. The van der Waals surface area contributed by atoms with Gasteiger partial charge in [0, 0.05) is 11.8 Å². The van der Waals surface area contributed by atoms with E-state index in [9.17, 15) is 31.9 Å². The van der Waals surface area contributed by atoms with E-state index in [1.165, 1.54) is 13.2 Å². The third-order valence-corrected chi connectivity index (χ3v) is 7.99. The Morgan fingerprint density at radius 2 is 1.63 bits per heavy atom. The molecular formula is C32H37F5N2O7. The van der Waals surface area contributed by atoms with E-state index in [-0.39, 0.29) is 41.9 Å². The Morgan fingerprint density at radius 3 is 2.24 bits per heavy atom. The number of ether oxygens (including phenoxy) is 4. The predicted octanol–water partition coefficient (Wildman–Crippen LogP) is 6.05. The van der Waals surface area contributed by atoms with Gasteiger partial charge in [-0.05, 0) is 77.6 Å². The fraction of sp³-hybridized carbons (Fsp3) is 0.531. The summed E-state index contributed by atoms with van der Waals surface area (Å²) >= 11 is 0. The lowest BCUT2D eigenvalue weighted by Gasteiger charge is -2.37. The standard InChI is InChI=1S/C32H37F5N2O7/c1-30(2,3)46-29(42)31(4)10-8-18(9-11-31)45-26-13-19(25(43-5)14-23(26)34)27(40)39-24-16-44-15-20(24)28(41)38-17-6-7-22(33)21(12-17)32(35,36)37/h6-7,12-14,18,20,24H,8-11,15-16H2,1-5H3,(H,38,41)(H,39,40)/t18-,20-,24+,31+/m0/s1. The summed E-state index contributed by atoms with van der Waals surface area (Å²) in [5, 5.41) is 4.96. The van der Waals surface area contributed by atoms with Gasteiger partial charge < -0.3 is 29.6 Å². The van der Waals surface area contributed by atoms with Gasteiger partial charge in [-0.2, -0.15) is 13.2 Å². The Morgan fingerprint density at radius 1 is 0.957 bits per heavy atom. The molecule has 1 saturated carbocycles. The smallest absolute Gasteiger partial charge is 0.419 e. The molecule has 0 unspecified atom stereocenters. The monoisotopic (exact) mass is 656 g/mol. The number of hydrogen-bond acceptors (Lipinski definition) is 7. The Hall–Kier alpha value is -3.94. The highest BCUT2D eigenvalue weighted by Crippen LogP contribution is 2.40. The zero-order chi connectivity index (χ0) is 34.0. The van der Waals surface area contributed by atoms with Gasteiger partial charge in [0.25, 0.3) is 5.91 Å². The maximum Gasteiger partial charge on any atom is 0.419 e. The Labute approximate surface area is 263 Å². The molecule has 1 saturated heterocycles. The molecule has 0 aromatic heterocycles. The van der Waals surface area contributed by atoms with Gasteiger partial charge in [-0.1, -0.05) is 0 Å². The van der Waals surface area contributed by atoms with Crippen LogP contribution in [0.15, 0.2) is 30.3 Å². The second-order valence-electron chi connectivity index (χ2n) is 12.8. The van der Waals surface area contributed by atoms with Crippen LogP contribution < -0.4 is 20.1 Å². The first-order valence-electron chi connectivity index (χ1n) is 14.7. The number of carbonyl (C=O) groups is 3. The minimum absolute atomic E-state index is 0.0901. The SMILES string of the molecule is COc1cc(F)c(O[C@H]2CC[C@@](C)(C(=O)OC(C)(C)C)CC2)cc1C(=O)N[C@@H]1COC[C@@H]1C(=O)Nc1ccc(F)c(C(F)(F)F)c1. The highest BCUT2D eigenvalue weighted by atomic mass is 19.4. The number of alkyl halides is 3. The molecule has 2 amide bonds. The molecule has 0 spiro atoms. The zero-order valence-electron chi connectivity index (χ0n) is 26.1. The average Bonchev–Trinajstić information content (AvgIpc) is 3.42. The number of benzene rings is 2. The normalized spacial score (nSPS) is 23.4. The topological polar surface area (TPSA) is 112 Å². The summed E-state index contributed by atoms with van der Waals surface area (Å²) in [6, 6.07) is 3.34. The van der Waals surface area contributed by atoms with E-state index >= 15 is 4.39 Å². The summed E-state index contributed by atoms with van der Waals surface area (Å²) in [5.41, 5.74) is -3.25. The maximum absolute atomic E-state index is 15.0. The fourth-order valence-electron chi connectivity index (χ4n) is 5.36. The van der Waals surface area contributed by atoms with Gasteiger partial charge >= 0.3 is 12.1 Å². The predicted molar refractivity (Wildman–Crippen MR) is 155 cm³/mol. The van der Waals surface area contributed by atoms with Crippen molar-refractivity contribution in [1.82, 2.24) is 5.32 Å². The van der Waals surface area contributed by atoms with Crippen molar-refractivity contribution in [2.45, 2.75) is 77.3 Å². The van der Waals surface area contributed by atoms with Gasteiger partial charge in [0.05, 0.1) is 54.9 Å². The molecule has 252 valence electrons. The number of halogens is 5. The molecule has 0 bridgehead atoms. The van der Waals surface area contributed by atoms with Crippen molar-refractivity contribution >= 4 is 23.5 Å². The molecule has 1 aliphatic heterocycles. The molecule has 2 aliphatic rings. The zero-order valence-corrected chi connectivity index (χ0v) is 26.1. The van der Waals surface area contributed by atoms with Crippen LogP contribution in [-0.2, 0) is 25.2 Å². The quantitative estimate of drug-likeness (QED) is 0.263. The second kappa shape index (κ2) is 13.4. The van der Waals surface area contributed by atoms with Crippen molar-refractivity contribution in [3.63, 3.8) is 0 Å². The van der Waals surface area contributed by atoms with E-state index in [1.807, 2.05) is 6.92 Å². The van der Waals surface area contributed by atoms with Gasteiger partial charge in [0.2, 0.25) is 5.91 Å². The summed E-state index contributed by atoms with van der Waals surface area (Å²) in [4.78, 5) is 39.0. The molecule has 2 atom stereocenters. The molecule has 1 heterocycles. The summed E-state index contributed by atoms with van der Waals surface area (Å²) in [6.07, 6.45) is -3.60. The van der Waals surface area contributed by atoms with Crippen molar-refractivity contribution in [1.29, 1.82) is 0 Å². The van der Waals surface area contributed by atoms with Crippen LogP contribution in [0.2, 0.25) is 0 Å². The van der Waals surface area contributed by atoms with E-state index in [0.717, 1.165) is 12.1 Å². The van der Waals surface area contributed by atoms with E-state index in [2.05, 4.69) is 10.6 Å². The van der Waals surface area contributed by atoms with Gasteiger partial charge in [0.15, 0.2) is 11.6 Å². The Bertz CT molecular complexity index is 1470. The number of amides is 2. The van der Waals surface area contributed by atoms with Crippen molar-refractivity contribution in [2.24, 2.45) is 11.3 Å². The number of methoxy groups -OCH3 is 1. The van der Waals surface area contributed by atoms with Crippen LogP contribution in [0.25, 0.3) is 0 Å². The molecular weight excluding hydrogens is 619 g/mol. The fourth-order valence-corrected chi connectivity index (χ4v) is 5.36. The van der Waals surface area contributed by atoms with Crippen LogP contribution >= 0.6 is 0 Å². The Kier molecular flexibility index (Phi) is 10.2. The molecule has 1 aliphatic carbocycles. The average molecular weight is 657 g/mol. The molecule has 2 aromatic rings. The highest BCUT2D eigenvalue weighted by molar-refractivity contribution is 5.99. The van der Waals surface area contributed by atoms with Crippen molar-refractivity contribution in [3.05, 3.63) is 53.1 Å². The third kappa shape index (κ3) is 8.25. The van der Waals surface area contributed by atoms with E-state index < -0.39 is 64.3 Å². The summed E-state index contributed by atoms with van der Waals surface area (Å²) < 4.78 is 90.1. The van der Waals surface area contributed by atoms with E-state index in [4.69, 9.17) is 18.9 Å². The van der Waals surface area contributed by atoms with Crippen molar-refractivity contribution < 1.29 is 55.3 Å². The van der Waals surface area contributed by atoms with Gasteiger partial charge in [-0.3, -0.25) is 14.4 Å². The first-order chi connectivity index (χ1) is 21.4. The van der Waals surface area contributed by atoms with Crippen LogP contribution in [0.3, 0.4) is 0 Å². The van der Waals surface area contributed by atoms with Crippen LogP contribution in [0.4, 0.5) is 27.6 Å². The third-order valence-electron chi connectivity index (χ3n) is 7.99. The molecule has 2 aromatic carbocycles. The lowest BCUT2D eigenvalue weighted by Crippen LogP contribution is -2.44. The number of rotatable bonds is 8. The van der Waals surface area contributed by atoms with Gasteiger partial charge in [-0.15, -0.1) is 0 Å². The number of hydrogen-bond donors (Lipinski definition) is 2.